The number of aromatic hydroxyl groups is 1. The van der Waals surface area contributed by atoms with Crippen molar-refractivity contribution >= 4 is 21.8 Å². The highest BCUT2D eigenvalue weighted by Crippen LogP contribution is 2.30. The van der Waals surface area contributed by atoms with Crippen molar-refractivity contribution in [2.75, 3.05) is 6.61 Å². The molecule has 0 saturated carbocycles. The van der Waals surface area contributed by atoms with Gasteiger partial charge in [0.2, 0.25) is 0 Å². The first kappa shape index (κ1) is 16.4. The van der Waals surface area contributed by atoms with Crippen LogP contribution in [0.25, 0.3) is 21.8 Å². The van der Waals surface area contributed by atoms with Crippen molar-refractivity contribution in [3.63, 3.8) is 0 Å². The molecule has 0 aliphatic carbocycles. The molecular weight excluding hydrogens is 335 g/mol. The lowest BCUT2D eigenvalue weighted by Gasteiger charge is -2.12. The fourth-order valence-electron chi connectivity index (χ4n) is 3.29. The van der Waals surface area contributed by atoms with Gasteiger partial charge in [0.05, 0.1) is 18.3 Å². The van der Waals surface area contributed by atoms with Crippen LogP contribution in [0.5, 0.6) is 11.5 Å². The van der Waals surface area contributed by atoms with E-state index in [0.717, 1.165) is 27.8 Å². The Bertz CT molecular complexity index is 1130. The van der Waals surface area contributed by atoms with E-state index in [1.807, 2.05) is 19.9 Å². The number of hydrogen-bond acceptors (Lipinski definition) is 4. The lowest BCUT2D eigenvalue weighted by molar-refractivity contribution is 0.288. The molecule has 2 aromatic carbocycles. The predicted octanol–water partition coefficient (Wildman–Crippen LogP) is 3.76. The smallest absolute Gasteiger partial charge is 0.193 e. The zero-order valence-corrected chi connectivity index (χ0v) is 14.8. The van der Waals surface area contributed by atoms with Crippen LogP contribution in [0.4, 0.5) is 4.39 Å². The highest BCUT2D eigenvalue weighted by atomic mass is 19.1. The Kier molecular flexibility index (Phi) is 3.79. The van der Waals surface area contributed by atoms with Gasteiger partial charge in [0.1, 0.15) is 17.9 Å². The molecule has 7 heteroatoms. The number of H-pyrrole nitrogens is 1. The summed E-state index contributed by atoms with van der Waals surface area (Å²) in [4.78, 5) is 0. The van der Waals surface area contributed by atoms with Crippen molar-refractivity contribution in [3.8, 4) is 11.5 Å². The van der Waals surface area contributed by atoms with E-state index in [-0.39, 0.29) is 11.3 Å². The molecular formula is C19H19FN4O2. The van der Waals surface area contributed by atoms with E-state index >= 15 is 0 Å². The first-order valence-corrected chi connectivity index (χ1v) is 8.37. The van der Waals surface area contributed by atoms with Crippen molar-refractivity contribution in [1.82, 2.24) is 20.0 Å². The maximum Gasteiger partial charge on any atom is 0.193 e. The molecule has 0 aliphatic rings. The van der Waals surface area contributed by atoms with Crippen LogP contribution in [-0.2, 0) is 6.54 Å². The average molecular weight is 354 g/mol. The number of nitrogens with zero attached hydrogens (tertiary/aromatic N) is 3. The molecule has 2 N–H and O–H groups in total. The first-order valence-electron chi connectivity index (χ1n) is 8.37. The fraction of sp³-hybridized carbons (Fsp3) is 0.263. The standard InChI is InChI=1S/C19H19FN4O2/c1-10-6-14-9-24(23-17(14)15(20)18(10)25)4-5-26-19-11(2)7-13-8-21-22-16(13)12(19)3/h6-9,25H,4-5H2,1-3H3,(H,21,22). The molecule has 134 valence electrons. The molecule has 4 rings (SSSR count). The Hall–Kier alpha value is -3.09. The number of halogens is 1. The van der Waals surface area contributed by atoms with Gasteiger partial charge in [0.15, 0.2) is 11.6 Å². The third kappa shape index (κ3) is 2.56. The van der Waals surface area contributed by atoms with Gasteiger partial charge in [-0.1, -0.05) is 0 Å². The van der Waals surface area contributed by atoms with Crippen molar-refractivity contribution in [3.05, 3.63) is 47.0 Å². The molecule has 0 amide bonds. The molecule has 0 aliphatic heterocycles. The number of aromatic amines is 1. The molecule has 0 atom stereocenters. The van der Waals surface area contributed by atoms with E-state index in [1.165, 1.54) is 0 Å². The van der Waals surface area contributed by atoms with Gasteiger partial charge in [-0.05, 0) is 44.0 Å². The van der Waals surface area contributed by atoms with Crippen LogP contribution in [0.3, 0.4) is 0 Å². The summed E-state index contributed by atoms with van der Waals surface area (Å²) >= 11 is 0. The second-order valence-corrected chi connectivity index (χ2v) is 6.52. The molecule has 0 unspecified atom stereocenters. The zero-order chi connectivity index (χ0) is 18.4. The monoisotopic (exact) mass is 354 g/mol. The van der Waals surface area contributed by atoms with Crippen molar-refractivity contribution in [2.24, 2.45) is 0 Å². The lowest BCUT2D eigenvalue weighted by Crippen LogP contribution is -2.10. The predicted molar refractivity (Wildman–Crippen MR) is 97.2 cm³/mol. The van der Waals surface area contributed by atoms with Crippen molar-refractivity contribution in [2.45, 2.75) is 27.3 Å². The quantitative estimate of drug-likeness (QED) is 0.585. The summed E-state index contributed by atoms with van der Waals surface area (Å²) in [6.45, 7) is 6.51. The molecule has 2 aromatic heterocycles. The van der Waals surface area contributed by atoms with Gasteiger partial charge in [-0.25, -0.2) is 4.39 Å². The van der Waals surface area contributed by atoms with Crippen LogP contribution in [-0.4, -0.2) is 31.7 Å². The summed E-state index contributed by atoms with van der Waals surface area (Å²) in [5.41, 5.74) is 3.66. The highest BCUT2D eigenvalue weighted by Gasteiger charge is 2.14. The maximum atomic E-state index is 14.1. The Labute approximate surface area is 149 Å². The summed E-state index contributed by atoms with van der Waals surface area (Å²) in [7, 11) is 0. The second kappa shape index (κ2) is 6.01. The summed E-state index contributed by atoms with van der Waals surface area (Å²) in [6.07, 6.45) is 3.55. The Morgan fingerprint density at radius 3 is 2.77 bits per heavy atom. The number of benzene rings is 2. The summed E-state index contributed by atoms with van der Waals surface area (Å²) in [6, 6.07) is 3.75. The normalized spacial score (nSPS) is 11.5. The van der Waals surface area contributed by atoms with Gasteiger partial charge in [-0.2, -0.15) is 10.2 Å². The van der Waals surface area contributed by atoms with Crippen LogP contribution >= 0.6 is 0 Å². The van der Waals surface area contributed by atoms with E-state index in [0.29, 0.717) is 24.1 Å². The van der Waals surface area contributed by atoms with Gasteiger partial charge >= 0.3 is 0 Å². The summed E-state index contributed by atoms with van der Waals surface area (Å²) < 4.78 is 21.7. The molecule has 0 bridgehead atoms. The number of nitrogens with one attached hydrogen (secondary N) is 1. The number of hydrogen-bond donors (Lipinski definition) is 2. The Morgan fingerprint density at radius 1 is 1.19 bits per heavy atom. The third-order valence-corrected chi connectivity index (χ3v) is 4.63. The molecule has 4 aromatic rings. The number of ether oxygens (including phenoxy) is 1. The Balaban J connectivity index is 1.55. The van der Waals surface area contributed by atoms with Gasteiger partial charge in [0.25, 0.3) is 0 Å². The number of fused-ring (bicyclic) bond motifs is 2. The molecule has 0 saturated heterocycles. The van der Waals surface area contributed by atoms with Crippen LogP contribution in [0.15, 0.2) is 24.5 Å². The summed E-state index contributed by atoms with van der Waals surface area (Å²) in [5.74, 6) is -0.215. The number of phenolic OH excluding ortho intramolecular Hbond substituents is 1. The van der Waals surface area contributed by atoms with Crippen LogP contribution < -0.4 is 4.74 Å². The first-order chi connectivity index (χ1) is 12.5. The third-order valence-electron chi connectivity index (χ3n) is 4.63. The molecule has 0 radical (unpaired) electrons. The number of phenols is 1. The van der Waals surface area contributed by atoms with Crippen molar-refractivity contribution in [1.29, 1.82) is 0 Å². The topological polar surface area (TPSA) is 76.0 Å². The number of aromatic nitrogens is 4. The number of rotatable bonds is 4. The van der Waals surface area contributed by atoms with Crippen LogP contribution in [0.1, 0.15) is 16.7 Å². The van der Waals surface area contributed by atoms with Crippen LogP contribution in [0, 0.1) is 26.6 Å². The number of aryl methyl sites for hydroxylation is 3. The van der Waals surface area contributed by atoms with E-state index in [2.05, 4.69) is 15.3 Å². The van der Waals surface area contributed by atoms with Crippen molar-refractivity contribution < 1.29 is 14.2 Å². The van der Waals surface area contributed by atoms with E-state index in [9.17, 15) is 9.50 Å². The van der Waals surface area contributed by atoms with E-state index in [1.54, 1.807) is 30.1 Å². The average Bonchev–Trinajstić information content (AvgIpc) is 3.22. The molecule has 0 fully saturated rings. The van der Waals surface area contributed by atoms with Crippen LogP contribution in [0.2, 0.25) is 0 Å². The molecule has 0 spiro atoms. The Morgan fingerprint density at radius 2 is 1.96 bits per heavy atom. The van der Waals surface area contributed by atoms with Gasteiger partial charge in [-0.3, -0.25) is 9.78 Å². The minimum atomic E-state index is -0.684. The second-order valence-electron chi connectivity index (χ2n) is 6.52. The van der Waals surface area contributed by atoms with E-state index in [4.69, 9.17) is 4.74 Å². The SMILES string of the molecule is Cc1cc2cn(CCOc3c(C)cc4cn[nH]c4c3C)nc2c(F)c1O. The zero-order valence-electron chi connectivity index (χ0n) is 14.8. The van der Waals surface area contributed by atoms with Gasteiger partial charge < -0.3 is 9.84 Å². The van der Waals surface area contributed by atoms with Gasteiger partial charge in [0, 0.05) is 22.5 Å². The minimum Gasteiger partial charge on any atom is -0.505 e. The highest BCUT2D eigenvalue weighted by molar-refractivity contribution is 5.84. The maximum absolute atomic E-state index is 14.1. The molecule has 2 heterocycles. The summed E-state index contributed by atoms with van der Waals surface area (Å²) in [5, 5.41) is 22.7. The molecule has 6 nitrogen and oxygen atoms in total. The van der Waals surface area contributed by atoms with Gasteiger partial charge in [-0.15, -0.1) is 0 Å². The largest absolute Gasteiger partial charge is 0.505 e. The molecule has 26 heavy (non-hydrogen) atoms. The lowest BCUT2D eigenvalue weighted by atomic mass is 10.1. The fourth-order valence-corrected chi connectivity index (χ4v) is 3.29. The minimum absolute atomic E-state index is 0.166. The van der Waals surface area contributed by atoms with E-state index < -0.39 is 5.82 Å².